The third-order valence-electron chi connectivity index (χ3n) is 3.58. The maximum Gasteiger partial charge on any atom is 0.0707 e. The Morgan fingerprint density at radius 3 is 2.50 bits per heavy atom. The lowest BCUT2D eigenvalue weighted by atomic mass is 9.85. The summed E-state index contributed by atoms with van der Waals surface area (Å²) in [5.74, 6) is 0.962. The fourth-order valence-electron chi connectivity index (χ4n) is 2.37. The van der Waals surface area contributed by atoms with Crippen molar-refractivity contribution in [3.8, 4) is 0 Å². The van der Waals surface area contributed by atoms with Gasteiger partial charge in [0, 0.05) is 6.54 Å². The van der Waals surface area contributed by atoms with Crippen molar-refractivity contribution in [2.24, 2.45) is 5.92 Å². The first-order chi connectivity index (χ1) is 6.66. The Morgan fingerprint density at radius 1 is 1.21 bits per heavy atom. The maximum absolute atomic E-state index is 5.92. The van der Waals surface area contributed by atoms with Crippen molar-refractivity contribution < 1.29 is 4.74 Å². The molecule has 82 valence electrons. The van der Waals surface area contributed by atoms with Gasteiger partial charge in [0.2, 0.25) is 0 Å². The lowest BCUT2D eigenvalue weighted by Crippen LogP contribution is -2.34. The molecule has 1 aliphatic heterocycles. The van der Waals surface area contributed by atoms with Crippen molar-refractivity contribution in [1.29, 1.82) is 0 Å². The van der Waals surface area contributed by atoms with Crippen LogP contribution in [0.25, 0.3) is 0 Å². The molecule has 1 saturated heterocycles. The van der Waals surface area contributed by atoms with Gasteiger partial charge < -0.3 is 10.1 Å². The van der Waals surface area contributed by atoms with Crippen LogP contribution < -0.4 is 5.32 Å². The molecule has 1 saturated carbocycles. The summed E-state index contributed by atoms with van der Waals surface area (Å²) in [6, 6.07) is 0. The molecule has 1 aliphatic carbocycles. The second-order valence-electron chi connectivity index (χ2n) is 5.49. The molecule has 2 rings (SSSR count). The second kappa shape index (κ2) is 4.19. The fraction of sp³-hybridized carbons (Fsp3) is 1.00. The average Bonchev–Trinajstić information content (AvgIpc) is 2.36. The summed E-state index contributed by atoms with van der Waals surface area (Å²) in [6.45, 7) is 6.65. The minimum atomic E-state index is 0.128. The molecule has 2 aliphatic rings. The highest BCUT2D eigenvalue weighted by Gasteiger charge is 2.31. The summed E-state index contributed by atoms with van der Waals surface area (Å²) in [7, 11) is 0. The Morgan fingerprint density at radius 2 is 2.00 bits per heavy atom. The average molecular weight is 197 g/mol. The molecule has 0 aromatic rings. The third kappa shape index (κ3) is 2.71. The summed E-state index contributed by atoms with van der Waals surface area (Å²) in [5.41, 5.74) is 0.128. The highest BCUT2D eigenvalue weighted by Crippen LogP contribution is 2.29. The number of hydrogen-bond acceptors (Lipinski definition) is 2. The summed E-state index contributed by atoms with van der Waals surface area (Å²) in [4.78, 5) is 0. The van der Waals surface area contributed by atoms with Crippen LogP contribution in [0.1, 0.15) is 46.0 Å². The van der Waals surface area contributed by atoms with Gasteiger partial charge in [-0.25, -0.2) is 0 Å². The predicted molar refractivity (Wildman–Crippen MR) is 58.4 cm³/mol. The Labute approximate surface area is 87.4 Å². The fourth-order valence-corrected chi connectivity index (χ4v) is 2.37. The van der Waals surface area contributed by atoms with Crippen molar-refractivity contribution in [3.63, 3.8) is 0 Å². The van der Waals surface area contributed by atoms with Gasteiger partial charge in [-0.15, -0.1) is 0 Å². The number of rotatable bonds is 4. The molecule has 2 heteroatoms. The molecule has 2 nitrogen and oxygen atoms in total. The molecule has 2 fully saturated rings. The molecule has 0 aromatic carbocycles. The molecular formula is C12H23NO. The van der Waals surface area contributed by atoms with E-state index in [1.165, 1.54) is 38.6 Å². The van der Waals surface area contributed by atoms with Crippen molar-refractivity contribution in [3.05, 3.63) is 0 Å². The van der Waals surface area contributed by atoms with Crippen LogP contribution in [0.15, 0.2) is 0 Å². The zero-order chi connectivity index (χ0) is 10.0. The number of hydrogen-bond donors (Lipinski definition) is 1. The molecule has 14 heavy (non-hydrogen) atoms. The smallest absolute Gasteiger partial charge is 0.0707 e. The predicted octanol–water partition coefficient (Wildman–Crippen LogP) is 2.33. The lowest BCUT2D eigenvalue weighted by Gasteiger charge is -2.26. The summed E-state index contributed by atoms with van der Waals surface area (Å²) in [6.07, 6.45) is 7.21. The molecular weight excluding hydrogens is 174 g/mol. The van der Waals surface area contributed by atoms with Gasteiger partial charge in [-0.2, -0.15) is 0 Å². The monoisotopic (exact) mass is 197 g/mol. The number of ether oxygens (including phenoxy) is 1. The van der Waals surface area contributed by atoms with Gasteiger partial charge in [0.1, 0.15) is 0 Å². The first-order valence-corrected chi connectivity index (χ1v) is 6.04. The van der Waals surface area contributed by atoms with Crippen LogP contribution in [0.2, 0.25) is 0 Å². The summed E-state index contributed by atoms with van der Waals surface area (Å²) < 4.78 is 5.92. The van der Waals surface area contributed by atoms with Crippen LogP contribution >= 0.6 is 0 Å². The standard InChI is InChI=1S/C12H23NO/c1-12(2)7-6-11(14-12)9-13-8-10-4-3-5-10/h10-11,13H,3-9H2,1-2H3. The maximum atomic E-state index is 5.92. The Bertz CT molecular complexity index is 187. The van der Waals surface area contributed by atoms with Gasteiger partial charge in [-0.3, -0.25) is 0 Å². The molecule has 1 atom stereocenters. The van der Waals surface area contributed by atoms with Gasteiger partial charge in [-0.05, 0) is 52.0 Å². The number of nitrogens with one attached hydrogen (secondary N) is 1. The van der Waals surface area contributed by atoms with Crippen molar-refractivity contribution in [2.75, 3.05) is 13.1 Å². The molecule has 1 N–H and O–H groups in total. The second-order valence-corrected chi connectivity index (χ2v) is 5.49. The Balaban J connectivity index is 1.57. The molecule has 0 amide bonds. The van der Waals surface area contributed by atoms with Gasteiger partial charge in [-0.1, -0.05) is 6.42 Å². The van der Waals surface area contributed by atoms with Crippen LogP contribution in [0.5, 0.6) is 0 Å². The Hall–Kier alpha value is -0.0800. The first kappa shape index (κ1) is 10.4. The first-order valence-electron chi connectivity index (χ1n) is 6.04. The Kier molecular flexibility index (Phi) is 3.13. The summed E-state index contributed by atoms with van der Waals surface area (Å²) >= 11 is 0. The van der Waals surface area contributed by atoms with E-state index in [2.05, 4.69) is 19.2 Å². The van der Waals surface area contributed by atoms with Gasteiger partial charge in [0.05, 0.1) is 11.7 Å². The van der Waals surface area contributed by atoms with E-state index in [1.807, 2.05) is 0 Å². The van der Waals surface area contributed by atoms with Crippen molar-refractivity contribution in [1.82, 2.24) is 5.32 Å². The van der Waals surface area contributed by atoms with Crippen LogP contribution in [-0.4, -0.2) is 24.8 Å². The SMILES string of the molecule is CC1(C)CCC(CNCC2CCC2)O1. The van der Waals surface area contributed by atoms with E-state index in [9.17, 15) is 0 Å². The van der Waals surface area contributed by atoms with Crippen LogP contribution in [0, 0.1) is 5.92 Å². The highest BCUT2D eigenvalue weighted by molar-refractivity contribution is 4.82. The van der Waals surface area contributed by atoms with E-state index in [0.29, 0.717) is 6.10 Å². The zero-order valence-electron chi connectivity index (χ0n) is 9.51. The topological polar surface area (TPSA) is 21.3 Å². The van der Waals surface area contributed by atoms with E-state index in [-0.39, 0.29) is 5.60 Å². The van der Waals surface area contributed by atoms with Gasteiger partial charge in [0.25, 0.3) is 0 Å². The zero-order valence-corrected chi connectivity index (χ0v) is 9.51. The normalized spacial score (nSPS) is 31.7. The molecule has 1 unspecified atom stereocenters. The largest absolute Gasteiger partial charge is 0.371 e. The minimum absolute atomic E-state index is 0.128. The summed E-state index contributed by atoms with van der Waals surface area (Å²) in [5, 5.41) is 3.54. The van der Waals surface area contributed by atoms with Crippen LogP contribution in [0.4, 0.5) is 0 Å². The van der Waals surface area contributed by atoms with E-state index in [4.69, 9.17) is 4.74 Å². The minimum Gasteiger partial charge on any atom is -0.371 e. The van der Waals surface area contributed by atoms with Crippen molar-refractivity contribution >= 4 is 0 Å². The highest BCUT2D eigenvalue weighted by atomic mass is 16.5. The molecule has 1 heterocycles. The molecule has 0 bridgehead atoms. The van der Waals surface area contributed by atoms with Gasteiger partial charge in [0.15, 0.2) is 0 Å². The van der Waals surface area contributed by atoms with Crippen molar-refractivity contribution in [2.45, 2.75) is 57.7 Å². The van der Waals surface area contributed by atoms with Gasteiger partial charge >= 0.3 is 0 Å². The lowest BCUT2D eigenvalue weighted by molar-refractivity contribution is -0.0146. The molecule has 0 aromatic heterocycles. The third-order valence-corrected chi connectivity index (χ3v) is 3.58. The van der Waals surface area contributed by atoms with E-state index in [0.717, 1.165) is 12.5 Å². The molecule has 0 radical (unpaired) electrons. The quantitative estimate of drug-likeness (QED) is 0.747. The van der Waals surface area contributed by atoms with E-state index < -0.39 is 0 Å². The van der Waals surface area contributed by atoms with E-state index in [1.54, 1.807) is 0 Å². The van der Waals surface area contributed by atoms with Crippen LogP contribution in [0.3, 0.4) is 0 Å². The van der Waals surface area contributed by atoms with E-state index >= 15 is 0 Å². The molecule has 0 spiro atoms. The van der Waals surface area contributed by atoms with Crippen LogP contribution in [-0.2, 0) is 4.74 Å².